The Kier molecular flexibility index (Phi) is 5.31. The molecular formula is C24H27N5O3S. The van der Waals surface area contributed by atoms with E-state index in [-0.39, 0.29) is 16.6 Å². The zero-order chi connectivity index (χ0) is 23.3. The molecule has 5 rings (SSSR count). The van der Waals surface area contributed by atoms with Gasteiger partial charge in [-0.25, -0.2) is 17.4 Å². The predicted molar refractivity (Wildman–Crippen MR) is 125 cm³/mol. The number of hydrogen-bond acceptors (Lipinski definition) is 6. The molecule has 3 heterocycles. The molecule has 0 saturated heterocycles. The van der Waals surface area contributed by atoms with Crippen LogP contribution in [0.25, 0.3) is 16.8 Å². The average Bonchev–Trinajstić information content (AvgIpc) is 3.49. The van der Waals surface area contributed by atoms with Crippen LogP contribution in [0.2, 0.25) is 0 Å². The summed E-state index contributed by atoms with van der Waals surface area (Å²) in [5.41, 5.74) is 2.58. The van der Waals surface area contributed by atoms with Crippen LogP contribution in [-0.2, 0) is 14.8 Å². The number of Topliss-reactive ketones (excluding diaryl/α,β-unsaturated/α-hetero) is 1. The summed E-state index contributed by atoms with van der Waals surface area (Å²) in [6.45, 7) is 5.73. The highest BCUT2D eigenvalue weighted by atomic mass is 32.2. The van der Waals surface area contributed by atoms with Crippen LogP contribution in [-0.4, -0.2) is 37.8 Å². The summed E-state index contributed by atoms with van der Waals surface area (Å²) in [6, 6.07) is 8.55. The van der Waals surface area contributed by atoms with E-state index in [9.17, 15) is 13.2 Å². The third-order valence-electron chi connectivity index (χ3n) is 6.86. The molecule has 1 saturated carbocycles. The van der Waals surface area contributed by atoms with Crippen molar-refractivity contribution in [1.82, 2.24) is 23.6 Å². The zero-order valence-corrected chi connectivity index (χ0v) is 19.8. The van der Waals surface area contributed by atoms with Gasteiger partial charge in [0.15, 0.2) is 11.3 Å². The number of ketones is 1. The number of aryl methyl sites for hydroxylation is 1. The zero-order valence-electron chi connectivity index (χ0n) is 19.0. The molecule has 9 heteroatoms. The maximum Gasteiger partial charge on any atom is 0.269 e. The van der Waals surface area contributed by atoms with Crippen molar-refractivity contribution in [3.63, 3.8) is 0 Å². The summed E-state index contributed by atoms with van der Waals surface area (Å²) in [4.78, 5) is 16.3. The molecule has 33 heavy (non-hydrogen) atoms. The van der Waals surface area contributed by atoms with Crippen molar-refractivity contribution in [3.05, 3.63) is 54.1 Å². The minimum atomic E-state index is -3.80. The second-order valence-electron chi connectivity index (χ2n) is 9.17. The molecule has 8 nitrogen and oxygen atoms in total. The van der Waals surface area contributed by atoms with Gasteiger partial charge >= 0.3 is 0 Å². The lowest BCUT2D eigenvalue weighted by Crippen LogP contribution is -2.13. The van der Waals surface area contributed by atoms with E-state index in [2.05, 4.69) is 22.1 Å². The van der Waals surface area contributed by atoms with Gasteiger partial charge in [0.05, 0.1) is 16.6 Å². The Morgan fingerprint density at radius 3 is 2.58 bits per heavy atom. The van der Waals surface area contributed by atoms with Gasteiger partial charge in [0.25, 0.3) is 10.0 Å². The highest BCUT2D eigenvalue weighted by Gasteiger charge is 2.37. The number of aromatic nitrogens is 5. The van der Waals surface area contributed by atoms with Crippen LogP contribution in [0.1, 0.15) is 56.8 Å². The Morgan fingerprint density at radius 1 is 1.12 bits per heavy atom. The van der Waals surface area contributed by atoms with E-state index in [0.717, 1.165) is 30.7 Å². The van der Waals surface area contributed by atoms with Gasteiger partial charge in [-0.15, -0.1) is 10.2 Å². The Bertz CT molecular complexity index is 1450. The molecule has 0 spiro atoms. The van der Waals surface area contributed by atoms with E-state index >= 15 is 0 Å². The van der Waals surface area contributed by atoms with Gasteiger partial charge in [-0.2, -0.15) is 0 Å². The first-order chi connectivity index (χ1) is 15.8. The minimum absolute atomic E-state index is 0.164. The van der Waals surface area contributed by atoms with E-state index in [4.69, 9.17) is 0 Å². The molecule has 172 valence electrons. The first-order valence-corrected chi connectivity index (χ1v) is 12.8. The number of rotatable bonds is 6. The van der Waals surface area contributed by atoms with E-state index in [0.29, 0.717) is 35.1 Å². The van der Waals surface area contributed by atoms with Gasteiger partial charge in [0, 0.05) is 18.5 Å². The van der Waals surface area contributed by atoms with Crippen molar-refractivity contribution >= 4 is 32.6 Å². The van der Waals surface area contributed by atoms with Crippen LogP contribution in [0, 0.1) is 18.8 Å². The van der Waals surface area contributed by atoms with Crippen molar-refractivity contribution < 1.29 is 13.2 Å². The number of nitrogens with zero attached hydrogens (tertiary/aromatic N) is 5. The molecule has 0 aliphatic heterocycles. The quantitative estimate of drug-likeness (QED) is 0.425. The van der Waals surface area contributed by atoms with Crippen LogP contribution in [0.5, 0.6) is 0 Å². The molecule has 0 radical (unpaired) electrons. The Morgan fingerprint density at radius 2 is 1.88 bits per heavy atom. The number of fused-ring (bicyclic) bond motifs is 3. The standard InChI is InChI=1S/C24H27N5O3S/c1-4-18-12-17(11-16(3)30)13-20(18)23-27-26-22-14-25-24-21(29(22)23)9-10-28(24)33(31,32)19-7-5-15(2)6-8-19/h5-10,14,17-18,20H,4,11-13H2,1-3H3/t17-,18+,20-/m0/s1. The fraction of sp³-hybridized carbons (Fsp3) is 0.417. The summed E-state index contributed by atoms with van der Waals surface area (Å²) in [6.07, 6.45) is 6.57. The monoisotopic (exact) mass is 465 g/mol. The molecule has 1 fully saturated rings. The van der Waals surface area contributed by atoms with Crippen molar-refractivity contribution in [3.8, 4) is 0 Å². The fourth-order valence-corrected chi connectivity index (χ4v) is 6.59. The average molecular weight is 466 g/mol. The second-order valence-corrected chi connectivity index (χ2v) is 11.0. The number of carbonyl (C=O) groups excluding carboxylic acids is 1. The summed E-state index contributed by atoms with van der Waals surface area (Å²) >= 11 is 0. The fourth-order valence-electron chi connectivity index (χ4n) is 5.29. The van der Waals surface area contributed by atoms with E-state index < -0.39 is 10.0 Å². The Hall–Kier alpha value is -3.07. The summed E-state index contributed by atoms with van der Waals surface area (Å²) in [5, 5.41) is 8.84. The van der Waals surface area contributed by atoms with Crippen molar-refractivity contribution in [2.75, 3.05) is 0 Å². The second kappa shape index (κ2) is 8.06. The van der Waals surface area contributed by atoms with E-state index in [1.165, 1.54) is 3.97 Å². The third-order valence-corrected chi connectivity index (χ3v) is 8.54. The van der Waals surface area contributed by atoms with E-state index in [1.807, 2.05) is 11.3 Å². The molecule has 1 aliphatic carbocycles. The molecule has 3 atom stereocenters. The maximum atomic E-state index is 13.3. The van der Waals surface area contributed by atoms with Gasteiger partial charge in [-0.05, 0) is 56.7 Å². The summed E-state index contributed by atoms with van der Waals surface area (Å²) < 4.78 is 29.8. The molecular weight excluding hydrogens is 438 g/mol. The summed E-state index contributed by atoms with van der Waals surface area (Å²) in [7, 11) is -3.80. The maximum absolute atomic E-state index is 13.3. The third kappa shape index (κ3) is 3.64. The minimum Gasteiger partial charge on any atom is -0.300 e. The molecule has 1 aliphatic rings. The molecule has 0 bridgehead atoms. The topological polar surface area (TPSA) is 99.2 Å². The van der Waals surface area contributed by atoms with Gasteiger partial charge < -0.3 is 4.79 Å². The van der Waals surface area contributed by atoms with Crippen LogP contribution < -0.4 is 0 Å². The number of carbonyl (C=O) groups is 1. The van der Waals surface area contributed by atoms with E-state index in [1.54, 1.807) is 49.6 Å². The smallest absolute Gasteiger partial charge is 0.269 e. The SMILES string of the molecule is CC[C@@H]1C[C@H](CC(C)=O)C[C@@H]1c1nnc2cnc3c(ccn3S(=O)(=O)c3ccc(C)cc3)n12. The van der Waals surface area contributed by atoms with Crippen LogP contribution in [0.3, 0.4) is 0 Å². The highest BCUT2D eigenvalue weighted by Crippen LogP contribution is 2.45. The Balaban J connectivity index is 1.62. The van der Waals surface area contributed by atoms with Gasteiger partial charge in [-0.3, -0.25) is 4.40 Å². The van der Waals surface area contributed by atoms with Crippen LogP contribution in [0.15, 0.2) is 47.6 Å². The normalized spacial score (nSPS) is 21.2. The lowest BCUT2D eigenvalue weighted by Gasteiger charge is -2.16. The predicted octanol–water partition coefficient (Wildman–Crippen LogP) is 4.12. The molecule has 0 amide bonds. The van der Waals surface area contributed by atoms with Gasteiger partial charge in [0.1, 0.15) is 11.6 Å². The largest absolute Gasteiger partial charge is 0.300 e. The first-order valence-electron chi connectivity index (χ1n) is 11.3. The molecule has 4 aromatic rings. The lowest BCUT2D eigenvalue weighted by molar-refractivity contribution is -0.117. The number of hydrogen-bond donors (Lipinski definition) is 0. The summed E-state index contributed by atoms with van der Waals surface area (Å²) in [5.74, 6) is 1.95. The first kappa shape index (κ1) is 21.8. The van der Waals surface area contributed by atoms with Gasteiger partial charge in [0.2, 0.25) is 0 Å². The lowest BCUT2D eigenvalue weighted by atomic mass is 9.93. The molecule has 0 unspecified atom stereocenters. The van der Waals surface area contributed by atoms with Crippen molar-refractivity contribution in [1.29, 1.82) is 0 Å². The number of benzene rings is 1. The van der Waals surface area contributed by atoms with Crippen LogP contribution in [0.4, 0.5) is 0 Å². The molecule has 3 aromatic heterocycles. The van der Waals surface area contributed by atoms with Crippen molar-refractivity contribution in [2.45, 2.75) is 57.3 Å². The van der Waals surface area contributed by atoms with Crippen molar-refractivity contribution in [2.24, 2.45) is 11.8 Å². The van der Waals surface area contributed by atoms with Crippen LogP contribution >= 0.6 is 0 Å². The molecule has 1 aromatic carbocycles. The molecule has 0 N–H and O–H groups in total. The highest BCUT2D eigenvalue weighted by molar-refractivity contribution is 7.90. The van der Waals surface area contributed by atoms with Gasteiger partial charge in [-0.1, -0.05) is 31.0 Å². The Labute approximate surface area is 192 Å².